The first-order valence-corrected chi connectivity index (χ1v) is 3.89. The van der Waals surface area contributed by atoms with Gasteiger partial charge in [-0.3, -0.25) is 0 Å². The molecular weight excluding hydrogens is 176 g/mol. The summed E-state index contributed by atoms with van der Waals surface area (Å²) in [6, 6.07) is 1.39. The molecular formula is C7H11ClN4. The fourth-order valence-corrected chi connectivity index (χ4v) is 1.06. The lowest BCUT2D eigenvalue weighted by molar-refractivity contribution is 0.736. The van der Waals surface area contributed by atoms with Gasteiger partial charge in [0.15, 0.2) is 0 Å². The van der Waals surface area contributed by atoms with Gasteiger partial charge in [-0.05, 0) is 6.07 Å². The van der Waals surface area contributed by atoms with Gasteiger partial charge in [0.1, 0.15) is 5.82 Å². The summed E-state index contributed by atoms with van der Waals surface area (Å²) < 4.78 is 0. The molecule has 0 amide bonds. The van der Waals surface area contributed by atoms with E-state index in [9.17, 15) is 0 Å². The number of halogens is 1. The number of anilines is 1. The van der Waals surface area contributed by atoms with Gasteiger partial charge in [-0.15, -0.1) is 0 Å². The topological polar surface area (TPSA) is 91.0 Å². The SMILES string of the molecule is NC[C@@H](N)c1cc(Cl)cnc1N. The summed E-state index contributed by atoms with van der Waals surface area (Å²) in [5.74, 6) is 0.386. The molecule has 0 bridgehead atoms. The Morgan fingerprint density at radius 2 is 2.25 bits per heavy atom. The molecule has 0 aliphatic carbocycles. The normalized spacial score (nSPS) is 12.9. The van der Waals surface area contributed by atoms with Crippen LogP contribution < -0.4 is 17.2 Å². The molecule has 1 aromatic rings. The molecule has 0 spiro atoms. The predicted octanol–water partition coefficient (Wildman–Crippen LogP) is 0.276. The molecule has 0 unspecified atom stereocenters. The van der Waals surface area contributed by atoms with Crippen LogP contribution in [0, 0.1) is 0 Å². The molecule has 0 saturated heterocycles. The Kier molecular flexibility index (Phi) is 2.86. The highest BCUT2D eigenvalue weighted by Crippen LogP contribution is 2.19. The Morgan fingerprint density at radius 3 is 2.83 bits per heavy atom. The molecule has 1 aromatic heterocycles. The van der Waals surface area contributed by atoms with Crippen LogP contribution in [0.4, 0.5) is 5.82 Å². The maximum atomic E-state index is 5.70. The number of nitrogens with zero attached hydrogens (tertiary/aromatic N) is 1. The molecule has 1 heterocycles. The Balaban J connectivity index is 3.04. The lowest BCUT2D eigenvalue weighted by Crippen LogP contribution is -2.22. The first kappa shape index (κ1) is 9.25. The van der Waals surface area contributed by atoms with Crippen LogP contribution in [0.5, 0.6) is 0 Å². The van der Waals surface area contributed by atoms with Crippen LogP contribution in [0.15, 0.2) is 12.3 Å². The van der Waals surface area contributed by atoms with Gasteiger partial charge >= 0.3 is 0 Å². The van der Waals surface area contributed by atoms with E-state index in [2.05, 4.69) is 4.98 Å². The van der Waals surface area contributed by atoms with Crippen molar-refractivity contribution < 1.29 is 0 Å². The van der Waals surface area contributed by atoms with Gasteiger partial charge in [-0.2, -0.15) is 0 Å². The molecule has 0 fully saturated rings. The van der Waals surface area contributed by atoms with E-state index >= 15 is 0 Å². The average molecular weight is 187 g/mol. The molecule has 5 heteroatoms. The lowest BCUT2D eigenvalue weighted by atomic mass is 10.1. The quantitative estimate of drug-likeness (QED) is 0.619. The van der Waals surface area contributed by atoms with Crippen LogP contribution >= 0.6 is 11.6 Å². The molecule has 6 N–H and O–H groups in total. The standard InChI is InChI=1S/C7H11ClN4/c8-4-1-5(6(10)2-9)7(11)12-3-4/h1,3,6H,2,9-10H2,(H2,11,12)/t6-/m1/s1. The zero-order valence-electron chi connectivity index (χ0n) is 6.50. The number of pyridine rings is 1. The predicted molar refractivity (Wildman–Crippen MR) is 49.6 cm³/mol. The Labute approximate surface area is 75.7 Å². The summed E-state index contributed by atoms with van der Waals surface area (Å²) in [4.78, 5) is 3.86. The Morgan fingerprint density at radius 1 is 1.58 bits per heavy atom. The van der Waals surface area contributed by atoms with E-state index in [4.69, 9.17) is 28.8 Å². The van der Waals surface area contributed by atoms with Crippen LogP contribution in [-0.2, 0) is 0 Å². The zero-order valence-corrected chi connectivity index (χ0v) is 7.25. The molecule has 0 aromatic carbocycles. The minimum Gasteiger partial charge on any atom is -0.383 e. The van der Waals surface area contributed by atoms with E-state index in [-0.39, 0.29) is 6.04 Å². The highest BCUT2D eigenvalue weighted by atomic mass is 35.5. The van der Waals surface area contributed by atoms with Crippen molar-refractivity contribution in [3.8, 4) is 0 Å². The van der Waals surface area contributed by atoms with E-state index in [1.165, 1.54) is 6.20 Å². The molecule has 66 valence electrons. The maximum Gasteiger partial charge on any atom is 0.128 e. The zero-order chi connectivity index (χ0) is 9.14. The van der Waals surface area contributed by atoms with E-state index in [1.807, 2.05) is 0 Å². The first-order valence-electron chi connectivity index (χ1n) is 3.51. The maximum absolute atomic E-state index is 5.70. The summed E-state index contributed by atoms with van der Waals surface area (Å²) in [5, 5.41) is 0.517. The van der Waals surface area contributed by atoms with Crippen LogP contribution in [0.2, 0.25) is 5.02 Å². The number of hydrogen-bond donors (Lipinski definition) is 3. The van der Waals surface area contributed by atoms with Gasteiger partial charge in [-0.25, -0.2) is 4.98 Å². The van der Waals surface area contributed by atoms with Crippen LogP contribution in [-0.4, -0.2) is 11.5 Å². The fourth-order valence-electron chi connectivity index (χ4n) is 0.889. The summed E-state index contributed by atoms with van der Waals surface area (Å²) in [7, 11) is 0. The summed E-state index contributed by atoms with van der Waals surface area (Å²) in [5.41, 5.74) is 17.3. The Bertz CT molecular complexity index is 276. The summed E-state index contributed by atoms with van der Waals surface area (Å²) >= 11 is 5.70. The van der Waals surface area contributed by atoms with Crippen molar-refractivity contribution in [2.75, 3.05) is 12.3 Å². The van der Waals surface area contributed by atoms with Gasteiger partial charge in [0.05, 0.1) is 5.02 Å². The van der Waals surface area contributed by atoms with Crippen molar-refractivity contribution in [3.05, 3.63) is 22.8 Å². The number of rotatable bonds is 2. The molecule has 0 aliphatic heterocycles. The average Bonchev–Trinajstić information content (AvgIpc) is 2.08. The molecule has 0 saturated carbocycles. The van der Waals surface area contributed by atoms with E-state index in [0.717, 1.165) is 0 Å². The van der Waals surface area contributed by atoms with Crippen molar-refractivity contribution >= 4 is 17.4 Å². The summed E-state index contributed by atoms with van der Waals surface area (Å²) in [6.45, 7) is 0.326. The number of nitrogen functional groups attached to an aromatic ring is 1. The van der Waals surface area contributed by atoms with Crippen molar-refractivity contribution in [2.45, 2.75) is 6.04 Å². The third-order valence-electron chi connectivity index (χ3n) is 1.57. The van der Waals surface area contributed by atoms with Gasteiger partial charge in [0.25, 0.3) is 0 Å². The van der Waals surface area contributed by atoms with E-state index < -0.39 is 0 Å². The smallest absolute Gasteiger partial charge is 0.128 e. The molecule has 12 heavy (non-hydrogen) atoms. The molecule has 1 rings (SSSR count). The number of aromatic nitrogens is 1. The second-order valence-corrected chi connectivity index (χ2v) is 2.91. The first-order chi connectivity index (χ1) is 5.65. The highest BCUT2D eigenvalue weighted by molar-refractivity contribution is 6.30. The summed E-state index contributed by atoms with van der Waals surface area (Å²) in [6.07, 6.45) is 1.48. The van der Waals surface area contributed by atoms with Crippen molar-refractivity contribution in [1.29, 1.82) is 0 Å². The molecule has 1 atom stereocenters. The largest absolute Gasteiger partial charge is 0.383 e. The monoisotopic (exact) mass is 186 g/mol. The minimum atomic E-state index is -0.295. The van der Waals surface area contributed by atoms with Crippen molar-refractivity contribution in [2.24, 2.45) is 11.5 Å². The number of nitrogens with two attached hydrogens (primary N) is 3. The molecule has 0 radical (unpaired) electrons. The van der Waals surface area contributed by atoms with Gasteiger partial charge in [-0.1, -0.05) is 11.6 Å². The second-order valence-electron chi connectivity index (χ2n) is 2.47. The lowest BCUT2D eigenvalue weighted by Gasteiger charge is -2.10. The van der Waals surface area contributed by atoms with Crippen molar-refractivity contribution in [3.63, 3.8) is 0 Å². The number of hydrogen-bond acceptors (Lipinski definition) is 4. The van der Waals surface area contributed by atoms with Crippen LogP contribution in [0.1, 0.15) is 11.6 Å². The van der Waals surface area contributed by atoms with Crippen LogP contribution in [0.3, 0.4) is 0 Å². The van der Waals surface area contributed by atoms with E-state index in [1.54, 1.807) is 6.07 Å². The molecule has 0 aliphatic rings. The van der Waals surface area contributed by atoms with Crippen LogP contribution in [0.25, 0.3) is 0 Å². The third-order valence-corrected chi connectivity index (χ3v) is 1.78. The third kappa shape index (κ3) is 1.85. The van der Waals surface area contributed by atoms with Gasteiger partial charge in [0.2, 0.25) is 0 Å². The Hall–Kier alpha value is -0.840. The fraction of sp³-hybridized carbons (Fsp3) is 0.286. The minimum absolute atomic E-state index is 0.295. The van der Waals surface area contributed by atoms with Crippen molar-refractivity contribution in [1.82, 2.24) is 4.98 Å². The molecule has 4 nitrogen and oxygen atoms in total. The second kappa shape index (κ2) is 3.71. The van der Waals surface area contributed by atoms with E-state index in [0.29, 0.717) is 22.9 Å². The van der Waals surface area contributed by atoms with Gasteiger partial charge < -0.3 is 17.2 Å². The van der Waals surface area contributed by atoms with Gasteiger partial charge in [0, 0.05) is 24.3 Å². The highest BCUT2D eigenvalue weighted by Gasteiger charge is 2.08.